The maximum atomic E-state index is 12.7. The van der Waals surface area contributed by atoms with Crippen LogP contribution < -0.4 is 5.14 Å². The maximum absolute atomic E-state index is 12.7. The number of hydrogen-bond acceptors (Lipinski definition) is 7. The number of hydrogen-bond donors (Lipinski definition) is 1. The summed E-state index contributed by atoms with van der Waals surface area (Å²) < 4.78 is 48.5. The molecule has 0 unspecified atom stereocenters. The number of non-ortho nitro benzene ring substituents is 1. The van der Waals surface area contributed by atoms with Crippen LogP contribution in [0.25, 0.3) is 0 Å². The third kappa shape index (κ3) is 5.09. The van der Waals surface area contributed by atoms with Gasteiger partial charge in [-0.2, -0.15) is 4.31 Å². The highest BCUT2D eigenvalue weighted by molar-refractivity contribution is 7.89. The monoisotopic (exact) mass is 412 g/mol. The molecule has 0 aromatic heterocycles. The Kier molecular flexibility index (Phi) is 6.01. The number of nitro groups is 1. The number of nitrogens with zero attached hydrogens (tertiary/aromatic N) is 3. The van der Waals surface area contributed by atoms with Gasteiger partial charge < -0.3 is 0 Å². The molecule has 1 aromatic carbocycles. The van der Waals surface area contributed by atoms with Crippen LogP contribution in [0.3, 0.4) is 0 Å². The van der Waals surface area contributed by atoms with Gasteiger partial charge in [0.25, 0.3) is 5.69 Å². The number of benzene rings is 1. The van der Waals surface area contributed by atoms with Crippen molar-refractivity contribution < 1.29 is 21.8 Å². The Morgan fingerprint density at radius 1 is 1.16 bits per heavy atom. The van der Waals surface area contributed by atoms with Crippen LogP contribution in [-0.2, 0) is 20.0 Å². The molecule has 0 saturated carbocycles. The number of piperazine rings is 1. The Bertz CT molecular complexity index is 866. The summed E-state index contributed by atoms with van der Waals surface area (Å²) in [5, 5.41) is 15.4. The molecule has 25 heavy (non-hydrogen) atoms. The number of halogens is 1. The molecule has 1 aromatic rings. The van der Waals surface area contributed by atoms with E-state index in [1.54, 1.807) is 4.90 Å². The van der Waals surface area contributed by atoms with E-state index in [1.807, 2.05) is 0 Å². The maximum Gasteiger partial charge on any atom is 0.271 e. The highest BCUT2D eigenvalue weighted by atomic mass is 35.5. The first-order valence-corrected chi connectivity index (χ1v) is 10.7. The van der Waals surface area contributed by atoms with Gasteiger partial charge in [-0.3, -0.25) is 15.0 Å². The first-order chi connectivity index (χ1) is 11.5. The molecule has 1 aliphatic heterocycles. The fraction of sp³-hybridized carbons (Fsp3) is 0.500. The second kappa shape index (κ2) is 7.51. The summed E-state index contributed by atoms with van der Waals surface area (Å²) in [6.07, 6.45) is 0. The molecule has 1 saturated heterocycles. The lowest BCUT2D eigenvalue weighted by molar-refractivity contribution is -0.384. The van der Waals surface area contributed by atoms with Crippen LogP contribution in [0.2, 0.25) is 5.02 Å². The molecule has 1 aliphatic rings. The predicted octanol–water partition coefficient (Wildman–Crippen LogP) is -0.157. The van der Waals surface area contributed by atoms with Crippen LogP contribution in [0.1, 0.15) is 0 Å². The fourth-order valence-electron chi connectivity index (χ4n) is 2.40. The molecule has 140 valence electrons. The largest absolute Gasteiger partial charge is 0.300 e. The minimum Gasteiger partial charge on any atom is -0.300 e. The molecule has 2 N–H and O–H groups in total. The molecule has 0 radical (unpaired) electrons. The molecule has 1 heterocycles. The van der Waals surface area contributed by atoms with Gasteiger partial charge in [-0.25, -0.2) is 22.0 Å². The summed E-state index contributed by atoms with van der Waals surface area (Å²) in [4.78, 5) is 11.7. The van der Waals surface area contributed by atoms with Crippen LogP contribution in [-0.4, -0.2) is 69.4 Å². The molecule has 0 aliphatic carbocycles. The summed E-state index contributed by atoms with van der Waals surface area (Å²) in [6.45, 7) is 1.23. The fourth-order valence-corrected chi connectivity index (χ4v) is 4.85. The van der Waals surface area contributed by atoms with Gasteiger partial charge in [0.1, 0.15) is 4.90 Å². The minimum atomic E-state index is -3.89. The van der Waals surface area contributed by atoms with Crippen molar-refractivity contribution in [3.8, 4) is 0 Å². The van der Waals surface area contributed by atoms with E-state index in [2.05, 4.69) is 0 Å². The molecule has 10 nitrogen and oxygen atoms in total. The van der Waals surface area contributed by atoms with Crippen molar-refractivity contribution in [2.24, 2.45) is 5.14 Å². The van der Waals surface area contributed by atoms with Crippen LogP contribution in [0, 0.1) is 10.1 Å². The number of nitro benzene ring substituents is 1. The number of primary sulfonamides is 1. The first kappa shape index (κ1) is 20.0. The zero-order chi connectivity index (χ0) is 18.8. The summed E-state index contributed by atoms with van der Waals surface area (Å²) in [7, 11) is -7.46. The third-order valence-electron chi connectivity index (χ3n) is 3.77. The Morgan fingerprint density at radius 2 is 1.76 bits per heavy atom. The zero-order valence-corrected chi connectivity index (χ0v) is 15.4. The lowest BCUT2D eigenvalue weighted by Gasteiger charge is -2.33. The highest BCUT2D eigenvalue weighted by Crippen LogP contribution is 2.29. The number of rotatable bonds is 6. The summed E-state index contributed by atoms with van der Waals surface area (Å²) in [6, 6.07) is 3.20. The molecule has 13 heteroatoms. The van der Waals surface area contributed by atoms with E-state index in [1.165, 1.54) is 4.31 Å². The lowest BCUT2D eigenvalue weighted by Crippen LogP contribution is -2.49. The van der Waals surface area contributed by atoms with E-state index in [9.17, 15) is 26.9 Å². The van der Waals surface area contributed by atoms with Crippen molar-refractivity contribution in [1.82, 2.24) is 9.21 Å². The van der Waals surface area contributed by atoms with Gasteiger partial charge in [-0.15, -0.1) is 0 Å². The van der Waals surface area contributed by atoms with Crippen LogP contribution in [0.5, 0.6) is 0 Å². The van der Waals surface area contributed by atoms with Gasteiger partial charge in [-0.05, 0) is 6.07 Å². The smallest absolute Gasteiger partial charge is 0.271 e. The SMILES string of the molecule is NS(=O)(=O)CCN1CCN(S(=O)(=O)c2ccc([N+](=O)[O-])cc2Cl)CC1. The van der Waals surface area contributed by atoms with Gasteiger partial charge in [-0.1, -0.05) is 11.6 Å². The topological polar surface area (TPSA) is 144 Å². The van der Waals surface area contributed by atoms with E-state index in [0.29, 0.717) is 13.1 Å². The van der Waals surface area contributed by atoms with Gasteiger partial charge in [0, 0.05) is 44.9 Å². The van der Waals surface area contributed by atoms with E-state index < -0.39 is 25.0 Å². The number of sulfonamides is 2. The van der Waals surface area contributed by atoms with Crippen molar-refractivity contribution in [3.63, 3.8) is 0 Å². The Labute approximate surface area is 150 Å². The molecule has 1 fully saturated rings. The van der Waals surface area contributed by atoms with Crippen LogP contribution >= 0.6 is 11.6 Å². The van der Waals surface area contributed by atoms with Crippen molar-refractivity contribution in [2.75, 3.05) is 38.5 Å². The highest BCUT2D eigenvalue weighted by Gasteiger charge is 2.31. The second-order valence-electron chi connectivity index (χ2n) is 5.48. The van der Waals surface area contributed by atoms with Crippen molar-refractivity contribution in [1.29, 1.82) is 0 Å². The second-order valence-corrected chi connectivity index (χ2v) is 9.53. The Hall–Kier alpha value is -1.31. The van der Waals surface area contributed by atoms with Gasteiger partial charge in [0.05, 0.1) is 15.7 Å². The molecule has 2 rings (SSSR count). The van der Waals surface area contributed by atoms with E-state index in [0.717, 1.165) is 18.2 Å². The zero-order valence-electron chi connectivity index (χ0n) is 13.0. The van der Waals surface area contributed by atoms with Crippen molar-refractivity contribution in [3.05, 3.63) is 33.3 Å². The van der Waals surface area contributed by atoms with Gasteiger partial charge >= 0.3 is 0 Å². The average Bonchev–Trinajstić information content (AvgIpc) is 2.52. The quantitative estimate of drug-likeness (QED) is 0.505. The molecule has 0 bridgehead atoms. The van der Waals surface area contributed by atoms with Crippen LogP contribution in [0.4, 0.5) is 5.69 Å². The first-order valence-electron chi connectivity index (χ1n) is 7.17. The summed E-state index contributed by atoms with van der Waals surface area (Å²) in [5.41, 5.74) is -0.295. The molecule has 0 spiro atoms. The van der Waals surface area contributed by atoms with Crippen molar-refractivity contribution in [2.45, 2.75) is 4.90 Å². The lowest BCUT2D eigenvalue weighted by atomic mass is 10.3. The number of nitrogens with two attached hydrogens (primary N) is 1. The minimum absolute atomic E-state index is 0.153. The molecule has 0 atom stereocenters. The predicted molar refractivity (Wildman–Crippen MR) is 91.3 cm³/mol. The molecular formula is C12H17ClN4O6S2. The Balaban J connectivity index is 2.08. The van der Waals surface area contributed by atoms with Gasteiger partial charge in [0.15, 0.2) is 0 Å². The van der Waals surface area contributed by atoms with E-state index in [-0.39, 0.29) is 41.0 Å². The van der Waals surface area contributed by atoms with Gasteiger partial charge in [0.2, 0.25) is 20.0 Å². The van der Waals surface area contributed by atoms with Crippen LogP contribution in [0.15, 0.2) is 23.1 Å². The Morgan fingerprint density at radius 3 is 2.24 bits per heavy atom. The average molecular weight is 413 g/mol. The molecular weight excluding hydrogens is 396 g/mol. The van der Waals surface area contributed by atoms with E-state index in [4.69, 9.17) is 16.7 Å². The normalized spacial score (nSPS) is 17.5. The van der Waals surface area contributed by atoms with E-state index >= 15 is 0 Å². The third-order valence-corrected chi connectivity index (χ3v) is 6.90. The summed E-state index contributed by atoms with van der Waals surface area (Å²) >= 11 is 5.90. The molecule has 0 amide bonds. The standard InChI is InChI=1S/C12H17ClN4O6S2/c13-11-9-10(17(18)19)1-2-12(11)25(22,23)16-5-3-15(4-6-16)7-8-24(14,20)21/h1-2,9H,3-8H2,(H2,14,20,21). The summed E-state index contributed by atoms with van der Waals surface area (Å²) in [5.74, 6) is -0.200. The van der Waals surface area contributed by atoms with Crippen molar-refractivity contribution >= 4 is 37.3 Å².